The fourth-order valence-electron chi connectivity index (χ4n) is 3.47. The Kier molecular flexibility index (Phi) is 5.04. The van der Waals surface area contributed by atoms with Crippen LogP contribution in [0, 0.1) is 6.92 Å². The summed E-state index contributed by atoms with van der Waals surface area (Å²) in [5, 5.41) is 6.15. The maximum Gasteiger partial charge on any atom is 0.246 e. The quantitative estimate of drug-likeness (QED) is 0.815. The van der Waals surface area contributed by atoms with Crippen molar-refractivity contribution in [3.63, 3.8) is 0 Å². The zero-order chi connectivity index (χ0) is 18.1. The van der Waals surface area contributed by atoms with Crippen LogP contribution in [0.4, 0.5) is 0 Å². The van der Waals surface area contributed by atoms with E-state index in [-0.39, 0.29) is 10.8 Å². The first-order valence-electron chi connectivity index (χ1n) is 8.66. The monoisotopic (exact) mass is 367 g/mol. The number of rotatable bonds is 4. The topological polar surface area (TPSA) is 87.7 Å². The summed E-state index contributed by atoms with van der Waals surface area (Å²) in [5.74, 6) is 0.350. The van der Waals surface area contributed by atoms with Gasteiger partial charge in [0.25, 0.3) is 0 Å². The van der Waals surface area contributed by atoms with Crippen LogP contribution in [0.3, 0.4) is 0 Å². The largest absolute Gasteiger partial charge is 0.492 e. The standard InChI is InChI=1S/C17H25N3O4S/c1-3-24-14-5-4-13(2)12-15(14)25(22,23)20-10-6-17(7-11-20)16(21)18-8-9-19-17/h4-5,12,19H,3,6-11H2,1-2H3,(H,18,21). The lowest BCUT2D eigenvalue weighted by molar-refractivity contribution is -0.131. The summed E-state index contributed by atoms with van der Waals surface area (Å²) in [5.41, 5.74) is 0.225. The van der Waals surface area contributed by atoms with Crippen LogP contribution in [0.2, 0.25) is 0 Å². The second-order valence-corrected chi connectivity index (χ2v) is 8.46. The number of piperidine rings is 1. The zero-order valence-corrected chi connectivity index (χ0v) is 15.5. The Balaban J connectivity index is 1.83. The Hall–Kier alpha value is -1.64. The molecule has 0 radical (unpaired) electrons. The first-order chi connectivity index (χ1) is 11.9. The predicted molar refractivity (Wildman–Crippen MR) is 94.1 cm³/mol. The Bertz CT molecular complexity index is 755. The molecule has 1 spiro atoms. The summed E-state index contributed by atoms with van der Waals surface area (Å²) in [4.78, 5) is 12.4. The van der Waals surface area contributed by atoms with Gasteiger partial charge in [0.2, 0.25) is 15.9 Å². The van der Waals surface area contributed by atoms with Crippen LogP contribution in [-0.2, 0) is 14.8 Å². The van der Waals surface area contributed by atoms with Gasteiger partial charge in [-0.25, -0.2) is 8.42 Å². The van der Waals surface area contributed by atoms with Crippen molar-refractivity contribution in [3.8, 4) is 5.75 Å². The van der Waals surface area contributed by atoms with Crippen molar-refractivity contribution in [1.29, 1.82) is 0 Å². The number of hydrogen-bond acceptors (Lipinski definition) is 5. The highest BCUT2D eigenvalue weighted by molar-refractivity contribution is 7.89. The minimum atomic E-state index is -3.66. The normalized spacial score (nSPS) is 21.1. The van der Waals surface area contributed by atoms with E-state index in [0.717, 1.165) is 5.56 Å². The van der Waals surface area contributed by atoms with Crippen LogP contribution < -0.4 is 15.4 Å². The third-order valence-corrected chi connectivity index (χ3v) is 6.82. The molecule has 0 aliphatic carbocycles. The Morgan fingerprint density at radius 1 is 1.24 bits per heavy atom. The highest BCUT2D eigenvalue weighted by Crippen LogP contribution is 2.32. The van der Waals surface area contributed by atoms with Gasteiger partial charge in [-0.2, -0.15) is 4.31 Å². The number of nitrogens with zero attached hydrogens (tertiary/aromatic N) is 1. The first kappa shape index (κ1) is 18.2. The third kappa shape index (κ3) is 3.38. The molecule has 0 bridgehead atoms. The average Bonchev–Trinajstić information content (AvgIpc) is 2.60. The predicted octanol–water partition coefficient (Wildman–Crippen LogP) is 0.636. The van der Waals surface area contributed by atoms with Crippen molar-refractivity contribution in [2.75, 3.05) is 32.8 Å². The lowest BCUT2D eigenvalue weighted by atomic mass is 9.86. The highest BCUT2D eigenvalue weighted by Gasteiger charge is 2.45. The summed E-state index contributed by atoms with van der Waals surface area (Å²) < 4.78 is 33.2. The number of benzene rings is 1. The van der Waals surface area contributed by atoms with Gasteiger partial charge in [0.05, 0.1) is 6.61 Å². The number of nitrogens with one attached hydrogen (secondary N) is 2. The van der Waals surface area contributed by atoms with E-state index in [9.17, 15) is 13.2 Å². The molecule has 0 saturated carbocycles. The molecule has 1 aromatic rings. The molecule has 2 aliphatic rings. The Morgan fingerprint density at radius 2 is 1.96 bits per heavy atom. The van der Waals surface area contributed by atoms with Gasteiger partial charge in [0, 0.05) is 26.2 Å². The SMILES string of the molecule is CCOc1ccc(C)cc1S(=O)(=O)N1CCC2(CC1)NCCNC2=O. The summed E-state index contributed by atoms with van der Waals surface area (Å²) in [6, 6.07) is 5.19. The Labute approximate surface area is 148 Å². The molecule has 2 saturated heterocycles. The zero-order valence-electron chi connectivity index (χ0n) is 14.7. The molecule has 0 atom stereocenters. The van der Waals surface area contributed by atoms with Crippen LogP contribution in [0.25, 0.3) is 0 Å². The highest BCUT2D eigenvalue weighted by atomic mass is 32.2. The van der Waals surface area contributed by atoms with Gasteiger partial charge < -0.3 is 15.4 Å². The van der Waals surface area contributed by atoms with Gasteiger partial charge in [-0.1, -0.05) is 6.07 Å². The van der Waals surface area contributed by atoms with Gasteiger partial charge in [-0.05, 0) is 44.4 Å². The number of carbonyl (C=O) groups excluding carboxylic acids is 1. The van der Waals surface area contributed by atoms with Crippen LogP contribution in [0.15, 0.2) is 23.1 Å². The molecule has 0 aromatic heterocycles. The van der Waals surface area contributed by atoms with Gasteiger partial charge in [0.15, 0.2) is 0 Å². The second-order valence-electron chi connectivity index (χ2n) is 6.55. The molecule has 7 nitrogen and oxygen atoms in total. The summed E-state index contributed by atoms with van der Waals surface area (Å²) in [6.07, 6.45) is 0.932. The van der Waals surface area contributed by atoms with Crippen molar-refractivity contribution in [2.45, 2.75) is 37.1 Å². The van der Waals surface area contributed by atoms with Crippen molar-refractivity contribution >= 4 is 15.9 Å². The van der Waals surface area contributed by atoms with E-state index in [1.165, 1.54) is 4.31 Å². The first-order valence-corrected chi connectivity index (χ1v) is 10.1. The number of hydrogen-bond donors (Lipinski definition) is 2. The van der Waals surface area contributed by atoms with Crippen LogP contribution in [0.5, 0.6) is 5.75 Å². The number of ether oxygens (including phenoxy) is 1. The summed E-state index contributed by atoms with van der Waals surface area (Å²) in [6.45, 7) is 6.03. The minimum absolute atomic E-state index is 0.0265. The smallest absolute Gasteiger partial charge is 0.246 e. The fraction of sp³-hybridized carbons (Fsp3) is 0.588. The summed E-state index contributed by atoms with van der Waals surface area (Å²) >= 11 is 0. The number of amides is 1. The Morgan fingerprint density at radius 3 is 2.60 bits per heavy atom. The molecule has 0 unspecified atom stereocenters. The maximum atomic E-state index is 13.1. The van der Waals surface area contributed by atoms with E-state index in [0.29, 0.717) is 51.4 Å². The maximum absolute atomic E-state index is 13.1. The van der Waals surface area contributed by atoms with Crippen molar-refractivity contribution in [1.82, 2.24) is 14.9 Å². The third-order valence-electron chi connectivity index (χ3n) is 4.90. The van der Waals surface area contributed by atoms with Crippen LogP contribution >= 0.6 is 0 Å². The van der Waals surface area contributed by atoms with Crippen molar-refractivity contribution in [2.24, 2.45) is 0 Å². The molecule has 2 aliphatic heterocycles. The molecule has 8 heteroatoms. The molecular formula is C17H25N3O4S. The van der Waals surface area contributed by atoms with Gasteiger partial charge in [0.1, 0.15) is 16.2 Å². The van der Waals surface area contributed by atoms with E-state index >= 15 is 0 Å². The van der Waals surface area contributed by atoms with Gasteiger partial charge in [-0.15, -0.1) is 0 Å². The minimum Gasteiger partial charge on any atom is -0.492 e. The number of carbonyl (C=O) groups is 1. The molecule has 2 fully saturated rings. The van der Waals surface area contributed by atoms with Gasteiger partial charge in [-0.3, -0.25) is 4.79 Å². The van der Waals surface area contributed by atoms with Gasteiger partial charge >= 0.3 is 0 Å². The molecule has 2 N–H and O–H groups in total. The summed E-state index contributed by atoms with van der Waals surface area (Å²) in [7, 11) is -3.66. The van der Waals surface area contributed by atoms with Crippen molar-refractivity contribution in [3.05, 3.63) is 23.8 Å². The lowest BCUT2D eigenvalue weighted by Crippen LogP contribution is -2.66. The molecular weight excluding hydrogens is 342 g/mol. The lowest BCUT2D eigenvalue weighted by Gasteiger charge is -2.43. The fourth-order valence-corrected chi connectivity index (χ4v) is 5.13. The van der Waals surface area contributed by atoms with E-state index < -0.39 is 15.6 Å². The molecule has 138 valence electrons. The number of aryl methyl sites for hydroxylation is 1. The second kappa shape index (κ2) is 6.93. The molecule has 2 heterocycles. The number of sulfonamides is 1. The molecule has 1 amide bonds. The van der Waals surface area contributed by atoms with E-state index in [1.54, 1.807) is 12.1 Å². The van der Waals surface area contributed by atoms with Crippen LogP contribution in [0.1, 0.15) is 25.3 Å². The molecule has 25 heavy (non-hydrogen) atoms. The van der Waals surface area contributed by atoms with E-state index in [1.807, 2.05) is 19.9 Å². The van der Waals surface area contributed by atoms with E-state index in [4.69, 9.17) is 4.74 Å². The average molecular weight is 367 g/mol. The number of piperazine rings is 1. The molecule has 1 aromatic carbocycles. The molecule has 3 rings (SSSR count). The van der Waals surface area contributed by atoms with Crippen molar-refractivity contribution < 1.29 is 17.9 Å². The van der Waals surface area contributed by atoms with E-state index in [2.05, 4.69) is 10.6 Å². The van der Waals surface area contributed by atoms with Crippen LogP contribution in [-0.4, -0.2) is 57.0 Å².